The molecule has 0 atom stereocenters. The fourth-order valence-electron chi connectivity index (χ4n) is 11.5. The van der Waals surface area contributed by atoms with Crippen molar-refractivity contribution < 1.29 is 4.57 Å². The van der Waals surface area contributed by atoms with Crippen LogP contribution in [-0.4, -0.2) is 101 Å². The van der Waals surface area contributed by atoms with E-state index < -0.39 is 23.7 Å². The van der Waals surface area contributed by atoms with Crippen LogP contribution in [0.15, 0.2) is 255 Å². The Morgan fingerprint density at radius 2 is 0.325 bits per heavy atom. The zero-order valence-electron chi connectivity index (χ0n) is 48.5. The van der Waals surface area contributed by atoms with Crippen LogP contribution in [0.2, 0.25) is 0 Å². The van der Waals surface area contributed by atoms with Gasteiger partial charge in [0.2, 0.25) is 0 Å². The van der Waals surface area contributed by atoms with E-state index in [1.54, 1.807) is 0 Å². The molecule has 8 heteroatoms. The molecule has 0 aliphatic heterocycles. The van der Waals surface area contributed by atoms with Gasteiger partial charge in [0.25, 0.3) is 0 Å². The van der Waals surface area contributed by atoms with E-state index >= 15 is 4.57 Å². The molecule has 0 amide bonds. The Morgan fingerprint density at radius 3 is 0.482 bits per heavy atom. The molecule has 9 rings (SSSR count). The van der Waals surface area contributed by atoms with E-state index in [-0.39, 0.29) is 0 Å². The van der Waals surface area contributed by atoms with Gasteiger partial charge < -0.3 is 0 Å². The molecule has 0 saturated heterocycles. The zero-order chi connectivity index (χ0) is 57.5. The normalized spacial score (nSPS) is 12.1. The summed E-state index contributed by atoms with van der Waals surface area (Å²) in [5.41, 5.74) is 12.2. The third-order valence-corrected chi connectivity index (χ3v) is 39.3. The van der Waals surface area contributed by atoms with Crippen molar-refractivity contribution in [2.24, 2.45) is 0 Å². The first kappa shape index (κ1) is 63.6. The number of hydrogen-bond acceptors (Lipinski definition) is 1. The molecule has 0 aromatic heterocycles. The molecule has 9 aromatic rings. The number of rotatable bonds is 33. The van der Waals surface area contributed by atoms with Crippen molar-refractivity contribution >= 4 is 69.0 Å². The Labute approximate surface area is 522 Å². The summed E-state index contributed by atoms with van der Waals surface area (Å²) in [5, 5.41) is 0. The van der Waals surface area contributed by atoms with Crippen LogP contribution in [0.1, 0.15) is 66.8 Å². The van der Waals surface area contributed by atoms with Crippen molar-refractivity contribution in [2.45, 2.75) is 76.3 Å². The Morgan fingerprint density at radius 1 is 0.193 bits per heavy atom. The van der Waals surface area contributed by atoms with Gasteiger partial charge in [-0.1, -0.05) is 0 Å². The van der Waals surface area contributed by atoms with E-state index in [4.69, 9.17) is 0 Å². The minimum atomic E-state index is -2.78. The van der Waals surface area contributed by atoms with Gasteiger partial charge in [0.1, 0.15) is 0 Å². The van der Waals surface area contributed by atoms with E-state index in [9.17, 15) is 0 Å². The van der Waals surface area contributed by atoms with Gasteiger partial charge in [-0.2, -0.15) is 0 Å². The Bertz CT molecular complexity index is 3010. The molecule has 0 spiro atoms. The second-order valence-corrected chi connectivity index (χ2v) is 51.4. The summed E-state index contributed by atoms with van der Waals surface area (Å²) < 4.78 is 15.9. The maximum absolute atomic E-state index is 15.9. The third-order valence-electron chi connectivity index (χ3n) is 16.8. The Kier molecular flexibility index (Phi) is 25.0. The molecular formula is C75H84OP4Se3. The Balaban J connectivity index is 0.891. The van der Waals surface area contributed by atoms with E-state index in [0.717, 1.165) is 57.8 Å². The first-order chi connectivity index (χ1) is 40.4. The van der Waals surface area contributed by atoms with Gasteiger partial charge >= 0.3 is 527 Å². The quantitative estimate of drug-likeness (QED) is 0.0296. The van der Waals surface area contributed by atoms with Crippen LogP contribution in [0.4, 0.5) is 0 Å². The van der Waals surface area contributed by atoms with Crippen molar-refractivity contribution in [3.05, 3.63) is 322 Å². The van der Waals surface area contributed by atoms with E-state index in [2.05, 4.69) is 300 Å². The summed E-state index contributed by atoms with van der Waals surface area (Å²) in [5.74, 6) is 0. The molecule has 0 N–H and O–H groups in total. The number of benzene rings is 9. The van der Waals surface area contributed by atoms with Crippen molar-refractivity contribution in [1.82, 2.24) is 0 Å². The molecule has 0 aliphatic carbocycles. The Hall–Kier alpha value is -3.94. The first-order valence-electron chi connectivity index (χ1n) is 30.2. The predicted octanol–water partition coefficient (Wildman–Crippen LogP) is 18.3. The fraction of sp³-hybridized carbons (Fsp3) is 0.280. The van der Waals surface area contributed by atoms with Crippen LogP contribution in [0.3, 0.4) is 0 Å². The molecule has 9 aromatic carbocycles. The SMILES string of the molecule is O=P(Cc1ccc(CCP(=[Se])(CCc2ccccc2)CCc2ccccc2)cc1)(Cc1ccc(CCP(=[Se])(CCc2ccccc2)CCc2ccccc2)cc1)Cc1ccc(CCP(=[Se])(CCc2ccccc2)CCc2ccccc2)cc1. The molecule has 1 nitrogen and oxygen atoms in total. The van der Waals surface area contributed by atoms with Gasteiger partial charge in [-0.05, 0) is 0 Å². The van der Waals surface area contributed by atoms with Crippen LogP contribution in [0.5, 0.6) is 0 Å². The van der Waals surface area contributed by atoms with Crippen molar-refractivity contribution in [3.63, 3.8) is 0 Å². The molecule has 0 radical (unpaired) electrons. The van der Waals surface area contributed by atoms with Crippen molar-refractivity contribution in [2.75, 3.05) is 55.5 Å². The van der Waals surface area contributed by atoms with Crippen LogP contribution in [-0.2, 0) is 80.8 Å². The standard InChI is InChI=1S/C75H84OP4Se3/c76-77(61-73-37-31-70(32-38-73)49-58-78(81,52-43-64-19-7-1-8-20-64)53-44-65-21-9-2-10-22-65,62-74-39-33-71(34-40-74)50-59-79(82,54-45-66-23-11-3-12-24-66)55-46-67-25-13-4-14-26-67)63-75-41-35-72(36-42-75)51-60-80(83,56-47-68-27-15-5-16-28-68)57-48-69-29-17-6-18-30-69/h1-42H,43-63H2. The second-order valence-electron chi connectivity index (χ2n) is 23.3. The van der Waals surface area contributed by atoms with Gasteiger partial charge in [0.05, 0.1) is 0 Å². The predicted molar refractivity (Wildman–Crippen MR) is 372 cm³/mol. The third kappa shape index (κ3) is 22.1. The number of hydrogen-bond donors (Lipinski definition) is 0. The summed E-state index contributed by atoms with van der Waals surface area (Å²) in [6.45, 7) is 0. The average molecular weight is 1360 g/mol. The zero-order valence-corrected chi connectivity index (χ0v) is 57.2. The molecule has 0 aliphatic rings. The first-order valence-corrected chi connectivity index (χ1v) is 46.1. The summed E-state index contributed by atoms with van der Waals surface area (Å²) in [7, 11) is -2.78. The minimum absolute atomic E-state index is 0.590. The van der Waals surface area contributed by atoms with E-state index in [1.807, 2.05) is 0 Å². The molecule has 0 unspecified atom stereocenters. The van der Waals surface area contributed by atoms with Gasteiger partial charge in [-0.15, -0.1) is 0 Å². The van der Waals surface area contributed by atoms with Crippen molar-refractivity contribution in [1.29, 1.82) is 0 Å². The maximum atomic E-state index is 15.9. The molecular weight excluding hydrogens is 1280 g/mol. The average Bonchev–Trinajstić information content (AvgIpc) is 3.56. The molecule has 0 fully saturated rings. The van der Waals surface area contributed by atoms with Gasteiger partial charge in [0.15, 0.2) is 0 Å². The fourth-order valence-corrected chi connectivity index (χ4v) is 27.6. The summed E-state index contributed by atoms with van der Waals surface area (Å²) >= 11 is 11.5. The molecule has 0 saturated carbocycles. The molecule has 0 heterocycles. The monoisotopic (exact) mass is 1360 g/mol. The van der Waals surface area contributed by atoms with Crippen LogP contribution >= 0.6 is 23.7 Å². The molecule has 0 bridgehead atoms. The van der Waals surface area contributed by atoms with Crippen LogP contribution in [0, 0.1) is 0 Å². The van der Waals surface area contributed by atoms with Crippen molar-refractivity contribution in [3.8, 4) is 0 Å². The van der Waals surface area contributed by atoms with Gasteiger partial charge in [-0.3, -0.25) is 0 Å². The summed E-state index contributed by atoms with van der Waals surface area (Å²) in [6.07, 6.45) is 22.5. The molecule has 428 valence electrons. The summed E-state index contributed by atoms with van der Waals surface area (Å²) in [4.78, 5) is 0. The van der Waals surface area contributed by atoms with Gasteiger partial charge in [0, 0.05) is 0 Å². The summed E-state index contributed by atoms with van der Waals surface area (Å²) in [6, 6.07) is 93.9. The number of aryl methyl sites for hydroxylation is 9. The topological polar surface area (TPSA) is 17.1 Å². The van der Waals surface area contributed by atoms with Crippen LogP contribution in [0.25, 0.3) is 0 Å². The van der Waals surface area contributed by atoms with E-state index in [1.165, 1.54) is 122 Å². The molecule has 83 heavy (non-hydrogen) atoms. The second kappa shape index (κ2) is 32.7. The van der Waals surface area contributed by atoms with E-state index in [0.29, 0.717) is 18.5 Å². The van der Waals surface area contributed by atoms with Crippen LogP contribution < -0.4 is 0 Å². The van der Waals surface area contributed by atoms with Gasteiger partial charge in [-0.25, -0.2) is 0 Å².